The van der Waals surface area contributed by atoms with Crippen LogP contribution < -0.4 is 10.6 Å². The second-order valence-electron chi connectivity index (χ2n) is 7.80. The second-order valence-corrected chi connectivity index (χ2v) is 7.80. The first-order chi connectivity index (χ1) is 10.4. The average Bonchev–Trinajstić information content (AvgIpc) is 2.68. The van der Waals surface area contributed by atoms with E-state index in [1.165, 1.54) is 0 Å². The molecule has 0 spiro atoms. The first-order valence-electron chi connectivity index (χ1n) is 7.88. The lowest BCUT2D eigenvalue weighted by Crippen LogP contribution is -2.47. The molecule has 0 bridgehead atoms. The number of methoxy groups -OCH3 is 1. The van der Waals surface area contributed by atoms with Crippen LogP contribution in [0.1, 0.15) is 48.0 Å². The Kier molecular flexibility index (Phi) is 6.41. The van der Waals surface area contributed by atoms with E-state index in [0.29, 0.717) is 13.0 Å². The number of carbonyl (C=O) groups excluding carboxylic acids is 2. The van der Waals surface area contributed by atoms with Gasteiger partial charge >= 0.3 is 12.1 Å². The van der Waals surface area contributed by atoms with Crippen LogP contribution in [0.25, 0.3) is 0 Å². The van der Waals surface area contributed by atoms with Crippen LogP contribution in [0, 0.1) is 0 Å². The number of ether oxygens (including phenoxy) is 3. The number of hydrogen-bond donors (Lipinski definition) is 2. The molecule has 3 unspecified atom stereocenters. The van der Waals surface area contributed by atoms with Crippen molar-refractivity contribution in [3.05, 3.63) is 0 Å². The summed E-state index contributed by atoms with van der Waals surface area (Å²) in [4.78, 5) is 24.2. The molecule has 7 heteroatoms. The molecule has 1 aliphatic heterocycles. The monoisotopic (exact) mass is 330 g/mol. The van der Waals surface area contributed by atoms with Crippen molar-refractivity contribution in [3.63, 3.8) is 0 Å². The van der Waals surface area contributed by atoms with Crippen LogP contribution >= 0.6 is 0 Å². The number of alkyl carbamates (subject to hydrolysis) is 1. The van der Waals surface area contributed by atoms with E-state index >= 15 is 0 Å². The molecule has 0 saturated carbocycles. The number of carbonyl (C=O) groups is 2. The molecule has 7 nitrogen and oxygen atoms in total. The van der Waals surface area contributed by atoms with Crippen LogP contribution in [-0.2, 0) is 19.0 Å². The topological polar surface area (TPSA) is 85.9 Å². The average molecular weight is 330 g/mol. The molecule has 1 aliphatic rings. The maximum atomic E-state index is 12.2. The number of rotatable bonds is 4. The molecule has 1 rings (SSSR count). The largest absolute Gasteiger partial charge is 0.459 e. The van der Waals surface area contributed by atoms with Crippen LogP contribution in [0.2, 0.25) is 0 Å². The minimum absolute atomic E-state index is 0.176. The third kappa shape index (κ3) is 7.18. The van der Waals surface area contributed by atoms with Gasteiger partial charge in [-0.15, -0.1) is 0 Å². The Labute approximate surface area is 138 Å². The summed E-state index contributed by atoms with van der Waals surface area (Å²) >= 11 is 0. The van der Waals surface area contributed by atoms with Crippen LogP contribution in [0.4, 0.5) is 4.79 Å². The number of nitrogens with one attached hydrogen (secondary N) is 2. The van der Waals surface area contributed by atoms with Crippen LogP contribution in [0.5, 0.6) is 0 Å². The Hall–Kier alpha value is -1.34. The first kappa shape index (κ1) is 19.7. The first-order valence-corrected chi connectivity index (χ1v) is 7.88. The standard InChI is InChI=1S/C16H30N2O5/c1-15(2,3)22-13(19)11-8-10(12(17-11)9-21-7)18-14(20)23-16(4,5)6/h10-12,17H,8-9H2,1-7H3,(H,18,20). The lowest BCUT2D eigenvalue weighted by molar-refractivity contribution is -0.157. The van der Waals surface area contributed by atoms with Gasteiger partial charge in [0.15, 0.2) is 0 Å². The lowest BCUT2D eigenvalue weighted by Gasteiger charge is -2.24. The zero-order chi connectivity index (χ0) is 17.8. The second kappa shape index (κ2) is 7.49. The van der Waals surface area contributed by atoms with Gasteiger partial charge < -0.3 is 19.5 Å². The molecule has 134 valence electrons. The molecule has 3 atom stereocenters. The molecule has 0 aromatic rings. The van der Waals surface area contributed by atoms with Crippen LogP contribution in [0.3, 0.4) is 0 Å². The highest BCUT2D eigenvalue weighted by atomic mass is 16.6. The van der Waals surface area contributed by atoms with E-state index in [-0.39, 0.29) is 18.1 Å². The van der Waals surface area contributed by atoms with E-state index in [4.69, 9.17) is 14.2 Å². The van der Waals surface area contributed by atoms with Crippen molar-refractivity contribution in [1.82, 2.24) is 10.6 Å². The van der Waals surface area contributed by atoms with Crippen molar-refractivity contribution in [2.45, 2.75) is 77.3 Å². The van der Waals surface area contributed by atoms with Crippen molar-refractivity contribution in [2.24, 2.45) is 0 Å². The smallest absolute Gasteiger partial charge is 0.407 e. The Balaban J connectivity index is 2.67. The summed E-state index contributed by atoms with van der Waals surface area (Å²) in [7, 11) is 1.58. The summed E-state index contributed by atoms with van der Waals surface area (Å²) in [6, 6.07) is -0.915. The van der Waals surface area contributed by atoms with Gasteiger partial charge in [-0.05, 0) is 48.0 Å². The molecule has 0 radical (unpaired) electrons. The van der Waals surface area contributed by atoms with Gasteiger partial charge in [0.05, 0.1) is 18.7 Å². The lowest BCUT2D eigenvalue weighted by atomic mass is 10.1. The van der Waals surface area contributed by atoms with Crippen molar-refractivity contribution >= 4 is 12.1 Å². The van der Waals surface area contributed by atoms with Gasteiger partial charge in [0, 0.05) is 7.11 Å². The Morgan fingerprint density at radius 2 is 1.65 bits per heavy atom. The predicted molar refractivity (Wildman–Crippen MR) is 86.2 cm³/mol. The molecule has 0 aliphatic carbocycles. The number of hydrogen-bond acceptors (Lipinski definition) is 6. The fourth-order valence-electron chi connectivity index (χ4n) is 2.36. The van der Waals surface area contributed by atoms with Gasteiger partial charge in [-0.1, -0.05) is 0 Å². The summed E-state index contributed by atoms with van der Waals surface area (Å²) in [5.74, 6) is -0.327. The van der Waals surface area contributed by atoms with Crippen LogP contribution in [0.15, 0.2) is 0 Å². The van der Waals surface area contributed by atoms with Gasteiger partial charge in [0.1, 0.15) is 17.2 Å². The molecule has 1 fully saturated rings. The van der Waals surface area contributed by atoms with E-state index in [9.17, 15) is 9.59 Å². The molecular weight excluding hydrogens is 300 g/mol. The Bertz CT molecular complexity index is 425. The quantitative estimate of drug-likeness (QED) is 0.762. The maximum Gasteiger partial charge on any atom is 0.407 e. The van der Waals surface area contributed by atoms with Crippen molar-refractivity contribution < 1.29 is 23.8 Å². The van der Waals surface area contributed by atoms with Crippen LogP contribution in [-0.4, -0.2) is 55.1 Å². The zero-order valence-corrected chi connectivity index (χ0v) is 15.2. The summed E-state index contributed by atoms with van der Waals surface area (Å²) < 4.78 is 15.8. The number of amides is 1. The summed E-state index contributed by atoms with van der Waals surface area (Å²) in [5, 5.41) is 5.97. The molecular formula is C16H30N2O5. The molecule has 0 aromatic carbocycles. The minimum Gasteiger partial charge on any atom is -0.459 e. The van der Waals surface area contributed by atoms with Gasteiger partial charge in [-0.3, -0.25) is 10.1 Å². The Morgan fingerprint density at radius 3 is 2.13 bits per heavy atom. The van der Waals surface area contributed by atoms with Crippen molar-refractivity contribution in [3.8, 4) is 0 Å². The van der Waals surface area contributed by atoms with Gasteiger partial charge in [0.2, 0.25) is 0 Å². The molecule has 0 aromatic heterocycles. The zero-order valence-electron chi connectivity index (χ0n) is 15.2. The van der Waals surface area contributed by atoms with E-state index in [1.54, 1.807) is 27.9 Å². The molecule has 1 amide bonds. The van der Waals surface area contributed by atoms with E-state index < -0.39 is 23.3 Å². The van der Waals surface area contributed by atoms with E-state index in [1.807, 2.05) is 20.8 Å². The van der Waals surface area contributed by atoms with Crippen molar-refractivity contribution in [1.29, 1.82) is 0 Å². The highest BCUT2D eigenvalue weighted by Crippen LogP contribution is 2.19. The molecule has 1 heterocycles. The summed E-state index contributed by atoms with van der Waals surface area (Å²) in [6.07, 6.45) is -0.0717. The fourth-order valence-corrected chi connectivity index (χ4v) is 2.36. The van der Waals surface area contributed by atoms with Gasteiger partial charge in [-0.2, -0.15) is 0 Å². The Morgan fingerprint density at radius 1 is 1.09 bits per heavy atom. The molecule has 23 heavy (non-hydrogen) atoms. The van der Waals surface area contributed by atoms with Gasteiger partial charge in [-0.25, -0.2) is 4.79 Å². The minimum atomic E-state index is -0.572. The van der Waals surface area contributed by atoms with Crippen molar-refractivity contribution in [2.75, 3.05) is 13.7 Å². The summed E-state index contributed by atoms with van der Waals surface area (Å²) in [6.45, 7) is 11.2. The summed E-state index contributed by atoms with van der Waals surface area (Å²) in [5.41, 5.74) is -1.12. The van der Waals surface area contributed by atoms with Gasteiger partial charge in [0.25, 0.3) is 0 Å². The SMILES string of the molecule is COCC1NC(C(=O)OC(C)(C)C)CC1NC(=O)OC(C)(C)C. The van der Waals surface area contributed by atoms with E-state index in [2.05, 4.69) is 10.6 Å². The predicted octanol–water partition coefficient (Wildman–Crippen LogP) is 1.60. The highest BCUT2D eigenvalue weighted by molar-refractivity contribution is 5.77. The molecule has 2 N–H and O–H groups in total. The van der Waals surface area contributed by atoms with E-state index in [0.717, 1.165) is 0 Å². The fraction of sp³-hybridized carbons (Fsp3) is 0.875. The third-order valence-corrected chi connectivity index (χ3v) is 3.13. The maximum absolute atomic E-state index is 12.2. The third-order valence-electron chi connectivity index (χ3n) is 3.13. The normalized spacial score (nSPS) is 25.1. The number of esters is 1. The highest BCUT2D eigenvalue weighted by Gasteiger charge is 2.40. The molecule has 1 saturated heterocycles.